The monoisotopic (exact) mass is 376 g/mol. The van der Waals surface area contributed by atoms with E-state index in [2.05, 4.69) is 10.1 Å². The molecule has 2 heterocycles. The molecule has 0 aromatic carbocycles. The molecule has 1 fully saturated rings. The van der Waals surface area contributed by atoms with Gasteiger partial charge in [0.2, 0.25) is 0 Å². The van der Waals surface area contributed by atoms with Crippen LogP contribution in [0.3, 0.4) is 0 Å². The van der Waals surface area contributed by atoms with Crippen LogP contribution >= 0.6 is 11.3 Å². The van der Waals surface area contributed by atoms with Gasteiger partial charge in [-0.2, -0.15) is 5.10 Å². The molecular weight excluding hydrogens is 352 g/mol. The number of carbonyl (C=O) groups excluding carboxylic acids is 2. The number of aryl methyl sites for hydroxylation is 3. The number of carbonyl (C=O) groups is 2. The van der Waals surface area contributed by atoms with Gasteiger partial charge in [-0.05, 0) is 53.5 Å². The SMILES string of the molecule is CCOC(=O)c1sc(N(C(=O)C(C)n2nc(C)cc2C)C2CC2)nc1C. The molecule has 1 amide bonds. The quantitative estimate of drug-likeness (QED) is 0.724. The molecule has 2 aromatic heterocycles. The highest BCUT2D eigenvalue weighted by atomic mass is 32.1. The lowest BCUT2D eigenvalue weighted by Crippen LogP contribution is -2.38. The first-order chi connectivity index (χ1) is 12.3. The van der Waals surface area contributed by atoms with E-state index in [-0.39, 0.29) is 17.9 Å². The molecule has 0 saturated heterocycles. The van der Waals surface area contributed by atoms with Crippen LogP contribution in [0, 0.1) is 20.8 Å². The fourth-order valence-corrected chi connectivity index (χ4v) is 4.02. The smallest absolute Gasteiger partial charge is 0.350 e. The Labute approximate surface area is 157 Å². The molecule has 0 N–H and O–H groups in total. The number of aromatic nitrogens is 3. The van der Waals surface area contributed by atoms with E-state index in [1.807, 2.05) is 26.8 Å². The second-order valence-electron chi connectivity index (χ2n) is 6.62. The molecule has 8 heteroatoms. The van der Waals surface area contributed by atoms with E-state index < -0.39 is 6.04 Å². The largest absolute Gasteiger partial charge is 0.462 e. The van der Waals surface area contributed by atoms with Gasteiger partial charge in [0.15, 0.2) is 5.13 Å². The Bertz CT molecular complexity index is 838. The molecule has 3 rings (SSSR count). The maximum absolute atomic E-state index is 13.2. The normalized spacial score (nSPS) is 15.0. The Kier molecular flexibility index (Phi) is 5.13. The minimum Gasteiger partial charge on any atom is -0.462 e. The van der Waals surface area contributed by atoms with Crippen LogP contribution in [0.4, 0.5) is 5.13 Å². The lowest BCUT2D eigenvalue weighted by Gasteiger charge is -2.24. The van der Waals surface area contributed by atoms with Crippen molar-refractivity contribution in [3.8, 4) is 0 Å². The molecule has 26 heavy (non-hydrogen) atoms. The zero-order chi connectivity index (χ0) is 19.0. The van der Waals surface area contributed by atoms with Gasteiger partial charge in [0, 0.05) is 11.7 Å². The Morgan fingerprint density at radius 1 is 1.38 bits per heavy atom. The first kappa shape index (κ1) is 18.6. The Balaban J connectivity index is 1.90. The van der Waals surface area contributed by atoms with Crippen molar-refractivity contribution in [2.75, 3.05) is 11.5 Å². The van der Waals surface area contributed by atoms with E-state index in [1.54, 1.807) is 23.4 Å². The van der Waals surface area contributed by atoms with E-state index >= 15 is 0 Å². The number of thiazole rings is 1. The van der Waals surface area contributed by atoms with Crippen molar-refractivity contribution in [1.29, 1.82) is 0 Å². The highest BCUT2D eigenvalue weighted by Crippen LogP contribution is 2.37. The van der Waals surface area contributed by atoms with Crippen LogP contribution in [0.2, 0.25) is 0 Å². The summed E-state index contributed by atoms with van der Waals surface area (Å²) >= 11 is 1.22. The third-order valence-corrected chi connectivity index (χ3v) is 5.51. The van der Waals surface area contributed by atoms with Crippen LogP contribution in [-0.4, -0.2) is 39.3 Å². The van der Waals surface area contributed by atoms with E-state index in [0.717, 1.165) is 24.2 Å². The maximum atomic E-state index is 13.2. The van der Waals surface area contributed by atoms with Gasteiger partial charge in [-0.15, -0.1) is 0 Å². The van der Waals surface area contributed by atoms with Gasteiger partial charge < -0.3 is 4.74 Å². The van der Waals surface area contributed by atoms with Crippen molar-refractivity contribution < 1.29 is 14.3 Å². The zero-order valence-corrected chi connectivity index (χ0v) is 16.6. The highest BCUT2D eigenvalue weighted by molar-refractivity contribution is 7.17. The summed E-state index contributed by atoms with van der Waals surface area (Å²) < 4.78 is 6.84. The number of anilines is 1. The van der Waals surface area contributed by atoms with Crippen LogP contribution < -0.4 is 4.90 Å². The van der Waals surface area contributed by atoms with Gasteiger partial charge in [-0.25, -0.2) is 9.78 Å². The Morgan fingerprint density at radius 3 is 2.62 bits per heavy atom. The molecule has 0 spiro atoms. The van der Waals surface area contributed by atoms with Gasteiger partial charge in [0.1, 0.15) is 10.9 Å². The molecular formula is C18H24N4O3S. The summed E-state index contributed by atoms with van der Waals surface area (Å²) in [4.78, 5) is 32.0. The van der Waals surface area contributed by atoms with Crippen LogP contribution in [-0.2, 0) is 9.53 Å². The lowest BCUT2D eigenvalue weighted by atomic mass is 10.2. The molecule has 1 atom stereocenters. The number of esters is 1. The van der Waals surface area contributed by atoms with E-state index in [4.69, 9.17) is 4.74 Å². The zero-order valence-electron chi connectivity index (χ0n) is 15.8. The standard InChI is InChI=1S/C18H24N4O3S/c1-6-25-17(24)15-12(4)19-18(26-15)21(14-7-8-14)16(23)13(5)22-11(3)9-10(2)20-22/h9,13-14H,6-8H2,1-5H3. The third kappa shape index (κ3) is 3.51. The van der Waals surface area contributed by atoms with Crippen LogP contribution in [0.5, 0.6) is 0 Å². The molecule has 140 valence electrons. The van der Waals surface area contributed by atoms with Gasteiger partial charge in [0.05, 0.1) is 18.0 Å². The van der Waals surface area contributed by atoms with Gasteiger partial charge in [0.25, 0.3) is 5.91 Å². The number of amides is 1. The van der Waals surface area contributed by atoms with Gasteiger partial charge in [-0.3, -0.25) is 14.4 Å². The van der Waals surface area contributed by atoms with Crippen molar-refractivity contribution >= 4 is 28.3 Å². The summed E-state index contributed by atoms with van der Waals surface area (Å²) in [6.45, 7) is 9.56. The summed E-state index contributed by atoms with van der Waals surface area (Å²) in [5, 5.41) is 5.00. The van der Waals surface area contributed by atoms with Crippen LogP contribution in [0.15, 0.2) is 6.07 Å². The first-order valence-corrected chi connectivity index (χ1v) is 9.65. The van der Waals surface area contributed by atoms with Gasteiger partial charge >= 0.3 is 5.97 Å². The molecule has 2 aromatic rings. The van der Waals surface area contributed by atoms with Crippen molar-refractivity contribution in [2.45, 2.75) is 59.5 Å². The average molecular weight is 376 g/mol. The molecule has 7 nitrogen and oxygen atoms in total. The predicted molar refractivity (Wildman–Crippen MR) is 99.7 cm³/mol. The molecule has 0 aliphatic heterocycles. The topological polar surface area (TPSA) is 77.3 Å². The molecule has 1 aliphatic carbocycles. The summed E-state index contributed by atoms with van der Waals surface area (Å²) in [6, 6.07) is 1.67. The van der Waals surface area contributed by atoms with Crippen molar-refractivity contribution in [3.63, 3.8) is 0 Å². The molecule has 1 saturated carbocycles. The second kappa shape index (κ2) is 7.19. The summed E-state index contributed by atoms with van der Waals surface area (Å²) in [6.07, 6.45) is 1.89. The average Bonchev–Trinajstić information content (AvgIpc) is 3.25. The summed E-state index contributed by atoms with van der Waals surface area (Å²) in [5.41, 5.74) is 2.43. The lowest BCUT2D eigenvalue weighted by molar-refractivity contribution is -0.121. The van der Waals surface area contributed by atoms with E-state index in [1.165, 1.54) is 11.3 Å². The fourth-order valence-electron chi connectivity index (χ4n) is 2.98. The minimum atomic E-state index is -0.431. The fraction of sp³-hybridized carbons (Fsp3) is 0.556. The molecule has 0 radical (unpaired) electrons. The first-order valence-electron chi connectivity index (χ1n) is 8.83. The number of hydrogen-bond donors (Lipinski definition) is 0. The molecule has 1 unspecified atom stereocenters. The number of rotatable bonds is 6. The number of ether oxygens (including phenoxy) is 1. The highest BCUT2D eigenvalue weighted by Gasteiger charge is 2.39. The van der Waals surface area contributed by atoms with E-state index in [9.17, 15) is 9.59 Å². The summed E-state index contributed by atoms with van der Waals surface area (Å²) in [5.74, 6) is -0.439. The van der Waals surface area contributed by atoms with Crippen molar-refractivity contribution in [2.24, 2.45) is 0 Å². The van der Waals surface area contributed by atoms with Crippen molar-refractivity contribution in [3.05, 3.63) is 28.0 Å². The molecule has 1 aliphatic rings. The number of hydrogen-bond acceptors (Lipinski definition) is 6. The van der Waals surface area contributed by atoms with Crippen LogP contribution in [0.1, 0.15) is 59.5 Å². The third-order valence-electron chi connectivity index (χ3n) is 4.37. The maximum Gasteiger partial charge on any atom is 0.350 e. The minimum absolute atomic E-state index is 0.0529. The van der Waals surface area contributed by atoms with Gasteiger partial charge in [-0.1, -0.05) is 11.3 Å². The predicted octanol–water partition coefficient (Wildman–Crippen LogP) is 3.20. The molecule has 0 bridgehead atoms. The Hall–Kier alpha value is -2.22. The number of nitrogens with zero attached hydrogens (tertiary/aromatic N) is 4. The van der Waals surface area contributed by atoms with E-state index in [0.29, 0.717) is 22.3 Å². The van der Waals surface area contributed by atoms with Crippen LogP contribution in [0.25, 0.3) is 0 Å². The second-order valence-corrected chi connectivity index (χ2v) is 7.60. The summed E-state index contributed by atoms with van der Waals surface area (Å²) in [7, 11) is 0. The van der Waals surface area contributed by atoms with Crippen molar-refractivity contribution in [1.82, 2.24) is 14.8 Å². The Morgan fingerprint density at radius 2 is 2.08 bits per heavy atom.